The third-order valence-corrected chi connectivity index (χ3v) is 7.08. The van der Waals surface area contributed by atoms with E-state index >= 15 is 0 Å². The van der Waals surface area contributed by atoms with E-state index in [0.29, 0.717) is 0 Å². The van der Waals surface area contributed by atoms with Crippen LogP contribution in [0.25, 0.3) is 33.4 Å². The first-order valence-corrected chi connectivity index (χ1v) is 11.9. The Morgan fingerprint density at radius 3 is 1.62 bits per heavy atom. The summed E-state index contributed by atoms with van der Waals surface area (Å²) in [6.07, 6.45) is 0. The summed E-state index contributed by atoms with van der Waals surface area (Å²) < 4.78 is 0. The van der Waals surface area contributed by atoms with Crippen LogP contribution in [0.15, 0.2) is 121 Å². The lowest BCUT2D eigenvalue weighted by atomic mass is 9.81. The van der Waals surface area contributed by atoms with Gasteiger partial charge in [0.1, 0.15) is 0 Å². The molecule has 1 aliphatic carbocycles. The average molecular weight is 438 g/mol. The van der Waals surface area contributed by atoms with Crippen molar-refractivity contribution in [1.29, 1.82) is 0 Å². The maximum atomic E-state index is 3.53. The fourth-order valence-electron chi connectivity index (χ4n) is 5.17. The zero-order valence-electron chi connectivity index (χ0n) is 19.5. The molecule has 0 saturated carbocycles. The highest BCUT2D eigenvalue weighted by Gasteiger charge is 2.35. The van der Waals surface area contributed by atoms with Crippen molar-refractivity contribution in [3.63, 3.8) is 0 Å². The van der Waals surface area contributed by atoms with Gasteiger partial charge in [0, 0.05) is 16.8 Å². The second-order valence-electron chi connectivity index (χ2n) is 9.58. The highest BCUT2D eigenvalue weighted by molar-refractivity contribution is 5.83. The molecule has 0 unspecified atom stereocenters. The van der Waals surface area contributed by atoms with Gasteiger partial charge in [0.2, 0.25) is 0 Å². The highest BCUT2D eigenvalue weighted by atomic mass is 14.9. The zero-order valence-corrected chi connectivity index (χ0v) is 19.5. The van der Waals surface area contributed by atoms with Crippen molar-refractivity contribution in [2.45, 2.75) is 19.3 Å². The first-order valence-electron chi connectivity index (χ1n) is 11.9. The van der Waals surface area contributed by atoms with Gasteiger partial charge in [0.05, 0.1) is 0 Å². The van der Waals surface area contributed by atoms with Gasteiger partial charge in [-0.3, -0.25) is 0 Å². The van der Waals surface area contributed by atoms with E-state index in [1.54, 1.807) is 0 Å². The van der Waals surface area contributed by atoms with E-state index in [-0.39, 0.29) is 5.41 Å². The van der Waals surface area contributed by atoms with Crippen LogP contribution in [0.3, 0.4) is 0 Å². The highest BCUT2D eigenvalue weighted by Crippen LogP contribution is 2.49. The number of fused-ring (bicyclic) bond motifs is 3. The molecule has 0 fully saturated rings. The van der Waals surface area contributed by atoms with E-state index in [1.807, 2.05) is 6.07 Å². The second kappa shape index (κ2) is 8.04. The van der Waals surface area contributed by atoms with Crippen LogP contribution in [0.2, 0.25) is 0 Å². The minimum Gasteiger partial charge on any atom is -0.356 e. The summed E-state index contributed by atoms with van der Waals surface area (Å²) in [6.45, 7) is 4.66. The largest absolute Gasteiger partial charge is 0.356 e. The molecule has 0 heterocycles. The maximum absolute atomic E-state index is 3.53. The Morgan fingerprint density at radius 2 is 0.941 bits per heavy atom. The molecule has 0 aromatic heterocycles. The van der Waals surface area contributed by atoms with E-state index in [4.69, 9.17) is 0 Å². The van der Waals surface area contributed by atoms with Gasteiger partial charge in [-0.05, 0) is 74.8 Å². The summed E-state index contributed by atoms with van der Waals surface area (Å²) in [6, 6.07) is 43.5. The summed E-state index contributed by atoms with van der Waals surface area (Å²) in [7, 11) is 0. The molecule has 5 aromatic rings. The molecule has 0 saturated heterocycles. The summed E-state index contributed by atoms with van der Waals surface area (Å²) >= 11 is 0. The van der Waals surface area contributed by atoms with Crippen molar-refractivity contribution in [1.82, 2.24) is 0 Å². The Morgan fingerprint density at radius 1 is 0.441 bits per heavy atom. The number of rotatable bonds is 4. The Labute approximate surface area is 201 Å². The molecule has 1 aliphatic rings. The Balaban J connectivity index is 1.23. The van der Waals surface area contributed by atoms with E-state index in [0.717, 1.165) is 11.4 Å². The van der Waals surface area contributed by atoms with Crippen molar-refractivity contribution in [3.05, 3.63) is 132 Å². The summed E-state index contributed by atoms with van der Waals surface area (Å²) in [4.78, 5) is 0. The van der Waals surface area contributed by atoms with Crippen molar-refractivity contribution in [2.75, 3.05) is 5.32 Å². The van der Waals surface area contributed by atoms with Gasteiger partial charge in [-0.15, -0.1) is 0 Å². The van der Waals surface area contributed by atoms with Crippen LogP contribution in [0.5, 0.6) is 0 Å². The van der Waals surface area contributed by atoms with Crippen LogP contribution in [-0.4, -0.2) is 0 Å². The van der Waals surface area contributed by atoms with Crippen molar-refractivity contribution in [2.24, 2.45) is 0 Å². The van der Waals surface area contributed by atoms with Crippen LogP contribution in [0.4, 0.5) is 11.4 Å². The smallest absolute Gasteiger partial charge is 0.0384 e. The lowest BCUT2D eigenvalue weighted by Crippen LogP contribution is -2.14. The van der Waals surface area contributed by atoms with E-state index in [2.05, 4.69) is 134 Å². The monoisotopic (exact) mass is 437 g/mol. The fourth-order valence-corrected chi connectivity index (χ4v) is 5.17. The minimum atomic E-state index is 0.0232. The molecule has 0 atom stereocenters. The molecule has 6 rings (SSSR count). The SMILES string of the molecule is CC1(C)c2ccccc2-c2ccc(-c3ccc(Nc4ccc(-c5ccccc5)cc4)cc3)cc21. The normalized spacial score (nSPS) is 13.2. The first kappa shape index (κ1) is 20.5. The molecule has 0 aliphatic heterocycles. The minimum absolute atomic E-state index is 0.0232. The summed E-state index contributed by atoms with van der Waals surface area (Å²) in [5.74, 6) is 0. The third-order valence-electron chi connectivity index (χ3n) is 7.08. The first-order chi connectivity index (χ1) is 16.6. The third kappa shape index (κ3) is 3.50. The molecular weight excluding hydrogens is 410 g/mol. The Hall–Kier alpha value is -4.10. The van der Waals surface area contributed by atoms with Gasteiger partial charge >= 0.3 is 0 Å². The van der Waals surface area contributed by atoms with Gasteiger partial charge in [-0.1, -0.05) is 105 Å². The maximum Gasteiger partial charge on any atom is 0.0384 e. The number of benzene rings is 5. The van der Waals surface area contributed by atoms with Gasteiger partial charge in [0.25, 0.3) is 0 Å². The second-order valence-corrected chi connectivity index (χ2v) is 9.58. The summed E-state index contributed by atoms with van der Waals surface area (Å²) in [5.41, 5.74) is 12.7. The van der Waals surface area contributed by atoms with Crippen LogP contribution in [-0.2, 0) is 5.41 Å². The zero-order chi connectivity index (χ0) is 23.1. The van der Waals surface area contributed by atoms with Crippen molar-refractivity contribution >= 4 is 11.4 Å². The molecule has 0 spiro atoms. The Kier molecular flexibility index (Phi) is 4.85. The fraction of sp³-hybridized carbons (Fsp3) is 0.0909. The number of anilines is 2. The molecule has 1 N–H and O–H groups in total. The molecule has 34 heavy (non-hydrogen) atoms. The van der Waals surface area contributed by atoms with Gasteiger partial charge in [-0.25, -0.2) is 0 Å². The van der Waals surface area contributed by atoms with Crippen LogP contribution >= 0.6 is 0 Å². The average Bonchev–Trinajstić information content (AvgIpc) is 3.12. The molecule has 1 heteroatoms. The molecule has 0 bridgehead atoms. The standard InChI is InChI=1S/C33H27N/c1-33(2)31-11-7-6-10-29(31)30-21-16-26(22-32(30)33)25-14-19-28(20-15-25)34-27-17-12-24(13-18-27)23-8-4-3-5-9-23/h3-22,34H,1-2H3. The van der Waals surface area contributed by atoms with Crippen LogP contribution < -0.4 is 5.32 Å². The van der Waals surface area contributed by atoms with E-state index in [9.17, 15) is 0 Å². The number of hydrogen-bond donors (Lipinski definition) is 1. The van der Waals surface area contributed by atoms with Crippen LogP contribution in [0, 0.1) is 0 Å². The predicted molar refractivity (Wildman–Crippen MR) is 145 cm³/mol. The predicted octanol–water partition coefficient (Wildman–Crippen LogP) is 9.07. The van der Waals surface area contributed by atoms with Gasteiger partial charge in [0.15, 0.2) is 0 Å². The van der Waals surface area contributed by atoms with E-state index in [1.165, 1.54) is 44.5 Å². The van der Waals surface area contributed by atoms with Gasteiger partial charge in [-0.2, -0.15) is 0 Å². The van der Waals surface area contributed by atoms with Crippen molar-refractivity contribution in [3.8, 4) is 33.4 Å². The molecule has 5 aromatic carbocycles. The van der Waals surface area contributed by atoms with Gasteiger partial charge < -0.3 is 5.32 Å². The lowest BCUT2D eigenvalue weighted by molar-refractivity contribution is 0.660. The molecule has 164 valence electrons. The molecule has 0 amide bonds. The van der Waals surface area contributed by atoms with Crippen LogP contribution in [0.1, 0.15) is 25.0 Å². The Bertz CT molecular complexity index is 1460. The molecule has 0 radical (unpaired) electrons. The van der Waals surface area contributed by atoms with E-state index < -0.39 is 0 Å². The van der Waals surface area contributed by atoms with Crippen molar-refractivity contribution < 1.29 is 0 Å². The molecule has 1 nitrogen and oxygen atoms in total. The number of nitrogens with one attached hydrogen (secondary N) is 1. The lowest BCUT2D eigenvalue weighted by Gasteiger charge is -2.22. The molecular formula is C33H27N. The number of hydrogen-bond acceptors (Lipinski definition) is 1. The summed E-state index contributed by atoms with van der Waals surface area (Å²) in [5, 5.41) is 3.53. The quantitative estimate of drug-likeness (QED) is 0.296. The topological polar surface area (TPSA) is 12.0 Å².